The maximum atomic E-state index is 12.6. The van der Waals surface area contributed by atoms with Crippen molar-refractivity contribution in [2.75, 3.05) is 25.6 Å². The number of rotatable bonds is 6. The van der Waals surface area contributed by atoms with E-state index in [0.29, 0.717) is 5.39 Å². The van der Waals surface area contributed by atoms with E-state index in [1.54, 1.807) is 18.2 Å². The lowest BCUT2D eigenvalue weighted by Crippen LogP contribution is -2.21. The van der Waals surface area contributed by atoms with Gasteiger partial charge in [-0.3, -0.25) is 4.79 Å². The first-order valence-electron chi connectivity index (χ1n) is 6.52. The van der Waals surface area contributed by atoms with E-state index in [1.807, 2.05) is 31.1 Å². The number of anilines is 1. The van der Waals surface area contributed by atoms with Crippen molar-refractivity contribution in [1.82, 2.24) is 0 Å². The number of alkyl halides is 1. The monoisotopic (exact) mass is 341 g/mol. The standard InChI is InChI=1S/C15H16ClNO4S/c1-17(2)13-7-3-6-12-11(13)5-4-8-14(12)22(19,20)15(16)9-21-10-18/h3-8,10,15H,9H2,1-2H3. The van der Waals surface area contributed by atoms with Gasteiger partial charge in [-0.05, 0) is 12.1 Å². The lowest BCUT2D eigenvalue weighted by Gasteiger charge is -2.17. The van der Waals surface area contributed by atoms with Crippen molar-refractivity contribution in [2.24, 2.45) is 0 Å². The molecule has 0 spiro atoms. The van der Waals surface area contributed by atoms with Gasteiger partial charge in [0.2, 0.25) is 0 Å². The lowest BCUT2D eigenvalue weighted by molar-refractivity contribution is -0.128. The van der Waals surface area contributed by atoms with Crippen LogP contribution in [0.1, 0.15) is 0 Å². The number of benzene rings is 2. The van der Waals surface area contributed by atoms with Gasteiger partial charge in [-0.1, -0.05) is 24.3 Å². The molecule has 5 nitrogen and oxygen atoms in total. The largest absolute Gasteiger partial charge is 0.465 e. The van der Waals surface area contributed by atoms with Gasteiger partial charge >= 0.3 is 0 Å². The fraction of sp³-hybridized carbons (Fsp3) is 0.267. The highest BCUT2D eigenvalue weighted by Crippen LogP contribution is 2.32. The predicted octanol–water partition coefficient (Wildman–Crippen LogP) is 2.42. The number of carbonyl (C=O) groups is 1. The molecule has 0 N–H and O–H groups in total. The topological polar surface area (TPSA) is 63.7 Å². The van der Waals surface area contributed by atoms with Crippen molar-refractivity contribution in [1.29, 1.82) is 0 Å². The van der Waals surface area contributed by atoms with Gasteiger partial charge in [0.15, 0.2) is 14.5 Å². The summed E-state index contributed by atoms with van der Waals surface area (Å²) in [5, 5.41) is 1.40. The predicted molar refractivity (Wildman–Crippen MR) is 87.1 cm³/mol. The van der Waals surface area contributed by atoms with Gasteiger partial charge in [0.25, 0.3) is 6.47 Å². The van der Waals surface area contributed by atoms with Crippen LogP contribution in [0.25, 0.3) is 10.8 Å². The summed E-state index contributed by atoms with van der Waals surface area (Å²) in [4.78, 5) is 12.3. The summed E-state index contributed by atoms with van der Waals surface area (Å²) in [7, 11) is -0.0430. The van der Waals surface area contributed by atoms with E-state index >= 15 is 0 Å². The number of fused-ring (bicyclic) bond motifs is 1. The second-order valence-corrected chi connectivity index (χ2v) is 7.79. The van der Waals surface area contributed by atoms with Crippen molar-refractivity contribution in [3.05, 3.63) is 36.4 Å². The fourth-order valence-electron chi connectivity index (χ4n) is 2.24. The molecule has 1 atom stereocenters. The molecule has 118 valence electrons. The van der Waals surface area contributed by atoms with Crippen molar-refractivity contribution in [3.63, 3.8) is 0 Å². The molecular formula is C15H16ClNO4S. The third kappa shape index (κ3) is 3.03. The highest BCUT2D eigenvalue weighted by Gasteiger charge is 2.28. The number of sulfone groups is 1. The van der Waals surface area contributed by atoms with Crippen LogP contribution in [0, 0.1) is 0 Å². The Bertz CT molecular complexity index is 789. The Labute approximate surface area is 134 Å². The molecule has 0 aromatic heterocycles. The minimum Gasteiger partial charge on any atom is -0.465 e. The summed E-state index contributed by atoms with van der Waals surface area (Å²) in [6, 6.07) is 10.5. The van der Waals surface area contributed by atoms with Gasteiger partial charge in [-0.15, -0.1) is 11.6 Å². The van der Waals surface area contributed by atoms with Crippen LogP contribution < -0.4 is 4.90 Å². The third-order valence-electron chi connectivity index (χ3n) is 3.28. The van der Waals surface area contributed by atoms with Crippen LogP contribution in [0.5, 0.6) is 0 Å². The molecule has 1 unspecified atom stereocenters. The first-order chi connectivity index (χ1) is 10.4. The van der Waals surface area contributed by atoms with Crippen LogP contribution in [-0.2, 0) is 19.4 Å². The first-order valence-corrected chi connectivity index (χ1v) is 8.50. The molecule has 0 heterocycles. The highest BCUT2D eigenvalue weighted by molar-refractivity contribution is 7.93. The number of halogens is 1. The van der Waals surface area contributed by atoms with Crippen LogP contribution in [0.3, 0.4) is 0 Å². The number of nitrogens with zero attached hydrogens (tertiary/aromatic N) is 1. The minimum absolute atomic E-state index is 0.128. The van der Waals surface area contributed by atoms with E-state index in [-0.39, 0.29) is 11.4 Å². The van der Waals surface area contributed by atoms with Crippen molar-refractivity contribution in [3.8, 4) is 0 Å². The third-order valence-corrected chi connectivity index (χ3v) is 5.89. The Balaban J connectivity index is 2.61. The van der Waals surface area contributed by atoms with E-state index < -0.39 is 21.2 Å². The summed E-state index contributed by atoms with van der Waals surface area (Å²) in [6.07, 6.45) is 0. The summed E-state index contributed by atoms with van der Waals surface area (Å²) in [5.41, 5.74) is 0.907. The first kappa shape index (κ1) is 16.6. The molecule has 0 amide bonds. The maximum absolute atomic E-state index is 12.6. The number of carbonyl (C=O) groups excluding carboxylic acids is 1. The lowest BCUT2D eigenvalue weighted by atomic mass is 10.1. The molecular weight excluding hydrogens is 326 g/mol. The molecule has 0 bridgehead atoms. The Morgan fingerprint density at radius 3 is 2.45 bits per heavy atom. The van der Waals surface area contributed by atoms with E-state index in [1.165, 1.54) is 6.07 Å². The van der Waals surface area contributed by atoms with Crippen molar-refractivity contribution < 1.29 is 17.9 Å². The molecule has 0 aliphatic rings. The van der Waals surface area contributed by atoms with Crippen molar-refractivity contribution >= 4 is 44.4 Å². The average molecular weight is 342 g/mol. The molecule has 7 heteroatoms. The van der Waals surface area contributed by atoms with Gasteiger partial charge in [0.1, 0.15) is 6.61 Å². The SMILES string of the molecule is CN(C)c1cccc2c(S(=O)(=O)C(Cl)COC=O)cccc12. The van der Waals surface area contributed by atoms with Gasteiger partial charge < -0.3 is 9.64 Å². The van der Waals surface area contributed by atoms with Gasteiger partial charge in [-0.2, -0.15) is 0 Å². The minimum atomic E-state index is -3.82. The van der Waals surface area contributed by atoms with E-state index in [2.05, 4.69) is 4.74 Å². The zero-order chi connectivity index (χ0) is 16.3. The zero-order valence-electron chi connectivity index (χ0n) is 12.2. The summed E-state index contributed by atoms with van der Waals surface area (Å²) in [5.74, 6) is 0. The van der Waals surface area contributed by atoms with E-state index in [4.69, 9.17) is 11.6 Å². The molecule has 0 saturated heterocycles. The Kier molecular flexibility index (Phi) is 4.93. The normalized spacial score (nSPS) is 12.9. The molecule has 0 aliphatic heterocycles. The van der Waals surface area contributed by atoms with Crippen LogP contribution in [0.15, 0.2) is 41.3 Å². The van der Waals surface area contributed by atoms with Crippen molar-refractivity contribution in [2.45, 2.75) is 9.60 Å². The molecule has 0 radical (unpaired) electrons. The maximum Gasteiger partial charge on any atom is 0.293 e. The van der Waals surface area contributed by atoms with Crippen LogP contribution in [-0.4, -0.2) is 40.3 Å². The number of hydrogen-bond donors (Lipinski definition) is 0. The molecule has 0 fully saturated rings. The zero-order valence-corrected chi connectivity index (χ0v) is 13.8. The Morgan fingerprint density at radius 2 is 1.82 bits per heavy atom. The average Bonchev–Trinajstić information content (AvgIpc) is 2.50. The number of ether oxygens (including phenoxy) is 1. The fourth-order valence-corrected chi connectivity index (χ4v) is 3.89. The molecule has 0 saturated carbocycles. The van der Waals surface area contributed by atoms with Crippen LogP contribution in [0.2, 0.25) is 0 Å². The van der Waals surface area contributed by atoms with Crippen LogP contribution in [0.4, 0.5) is 5.69 Å². The second-order valence-electron chi connectivity index (χ2n) is 4.91. The van der Waals surface area contributed by atoms with E-state index in [9.17, 15) is 13.2 Å². The smallest absolute Gasteiger partial charge is 0.293 e. The quantitative estimate of drug-likeness (QED) is 0.596. The van der Waals surface area contributed by atoms with Gasteiger partial charge in [-0.25, -0.2) is 8.42 Å². The van der Waals surface area contributed by atoms with Gasteiger partial charge in [0, 0.05) is 30.6 Å². The van der Waals surface area contributed by atoms with Crippen LogP contribution >= 0.6 is 11.6 Å². The Morgan fingerprint density at radius 1 is 1.18 bits per heavy atom. The summed E-state index contributed by atoms with van der Waals surface area (Å²) >= 11 is 5.91. The number of hydrogen-bond acceptors (Lipinski definition) is 5. The molecule has 22 heavy (non-hydrogen) atoms. The molecule has 2 aromatic rings. The van der Waals surface area contributed by atoms with E-state index in [0.717, 1.165) is 11.1 Å². The molecule has 2 rings (SSSR count). The highest BCUT2D eigenvalue weighted by atomic mass is 35.5. The summed E-state index contributed by atoms with van der Waals surface area (Å²) < 4.78 is 28.3. The van der Waals surface area contributed by atoms with Gasteiger partial charge in [0.05, 0.1) is 4.90 Å². The Hall–Kier alpha value is -1.79. The summed E-state index contributed by atoms with van der Waals surface area (Å²) in [6.45, 7) is -0.213. The molecule has 2 aromatic carbocycles. The second kappa shape index (κ2) is 6.54. The molecule has 0 aliphatic carbocycles.